The van der Waals surface area contributed by atoms with E-state index < -0.39 is 0 Å². The molecule has 1 nitrogen and oxygen atoms in total. The molecule has 0 aliphatic rings. The van der Waals surface area contributed by atoms with Gasteiger partial charge in [-0.25, -0.2) is 0 Å². The van der Waals surface area contributed by atoms with E-state index >= 15 is 0 Å². The van der Waals surface area contributed by atoms with Gasteiger partial charge in [0.15, 0.2) is 0 Å². The first-order valence-corrected chi connectivity index (χ1v) is 7.66. The summed E-state index contributed by atoms with van der Waals surface area (Å²) in [5.41, 5.74) is 1.44. The van der Waals surface area contributed by atoms with Crippen LogP contribution >= 0.6 is 0 Å². The Labute approximate surface area is 113 Å². The maximum atomic E-state index is 3.71. The van der Waals surface area contributed by atoms with Gasteiger partial charge >= 0.3 is 0 Å². The van der Waals surface area contributed by atoms with E-state index in [4.69, 9.17) is 0 Å². The summed E-state index contributed by atoms with van der Waals surface area (Å²) in [6.07, 6.45) is 9.26. The molecule has 0 saturated heterocycles. The number of nitrogens with one attached hydrogen (secondary N) is 1. The van der Waals surface area contributed by atoms with Crippen molar-refractivity contribution in [1.29, 1.82) is 0 Å². The predicted octanol–water partition coefficient (Wildman–Crippen LogP) is 5.09. The topological polar surface area (TPSA) is 12.0 Å². The number of hydrogen-bond donors (Lipinski definition) is 1. The Bertz CT molecular complexity index is 281. The Morgan fingerprint density at radius 2 is 1.61 bits per heavy atom. The monoisotopic (exact) mass is 247 g/mol. The van der Waals surface area contributed by atoms with Gasteiger partial charge in [0.1, 0.15) is 0 Å². The zero-order chi connectivity index (χ0) is 13.1. The molecule has 0 aromatic heterocycles. The van der Waals surface area contributed by atoms with Gasteiger partial charge in [-0.05, 0) is 24.9 Å². The lowest BCUT2D eigenvalue weighted by Gasteiger charge is -2.18. The molecule has 0 spiro atoms. The van der Waals surface area contributed by atoms with Crippen LogP contribution in [0.2, 0.25) is 0 Å². The highest BCUT2D eigenvalue weighted by Crippen LogP contribution is 2.18. The lowest BCUT2D eigenvalue weighted by atomic mass is 10.0. The highest BCUT2D eigenvalue weighted by molar-refractivity contribution is 5.18. The first-order valence-electron chi connectivity index (χ1n) is 7.66. The van der Waals surface area contributed by atoms with Crippen molar-refractivity contribution in [2.45, 2.75) is 64.8 Å². The SMILES string of the molecule is CCCCCCCNC(CCC)c1ccccc1. The van der Waals surface area contributed by atoms with Crippen molar-refractivity contribution in [3.63, 3.8) is 0 Å². The quantitative estimate of drug-likeness (QED) is 0.568. The summed E-state index contributed by atoms with van der Waals surface area (Å²) in [5.74, 6) is 0. The molecule has 0 radical (unpaired) electrons. The highest BCUT2D eigenvalue weighted by atomic mass is 14.9. The van der Waals surface area contributed by atoms with Crippen LogP contribution < -0.4 is 5.32 Å². The Balaban J connectivity index is 2.26. The summed E-state index contributed by atoms with van der Waals surface area (Å²) in [5, 5.41) is 3.71. The largest absolute Gasteiger partial charge is 0.310 e. The summed E-state index contributed by atoms with van der Waals surface area (Å²) in [7, 11) is 0. The van der Waals surface area contributed by atoms with E-state index in [1.807, 2.05) is 0 Å². The molecule has 1 N–H and O–H groups in total. The van der Waals surface area contributed by atoms with Crippen molar-refractivity contribution in [1.82, 2.24) is 5.32 Å². The smallest absolute Gasteiger partial charge is 0.0320 e. The van der Waals surface area contributed by atoms with Gasteiger partial charge in [0.05, 0.1) is 0 Å². The first-order chi connectivity index (χ1) is 8.88. The van der Waals surface area contributed by atoms with E-state index in [2.05, 4.69) is 49.5 Å². The third-order valence-corrected chi connectivity index (χ3v) is 3.45. The van der Waals surface area contributed by atoms with E-state index in [0.717, 1.165) is 6.54 Å². The molecule has 102 valence electrons. The van der Waals surface area contributed by atoms with E-state index in [1.165, 1.54) is 50.5 Å². The van der Waals surface area contributed by atoms with Crippen LogP contribution in [0.25, 0.3) is 0 Å². The van der Waals surface area contributed by atoms with Crippen molar-refractivity contribution in [2.24, 2.45) is 0 Å². The van der Waals surface area contributed by atoms with Crippen LogP contribution in [0.15, 0.2) is 30.3 Å². The standard InChI is InChI=1S/C17H29N/c1-3-5-6-7-11-15-18-17(12-4-2)16-13-9-8-10-14-16/h8-10,13-14,17-18H,3-7,11-12,15H2,1-2H3. The highest BCUT2D eigenvalue weighted by Gasteiger charge is 2.08. The Kier molecular flexibility index (Phi) is 8.58. The normalized spacial score (nSPS) is 12.6. The van der Waals surface area contributed by atoms with E-state index in [1.54, 1.807) is 0 Å². The van der Waals surface area contributed by atoms with E-state index in [0.29, 0.717) is 6.04 Å². The molecule has 1 rings (SSSR count). The minimum atomic E-state index is 0.544. The van der Waals surface area contributed by atoms with Gasteiger partial charge < -0.3 is 5.32 Å². The maximum Gasteiger partial charge on any atom is 0.0320 e. The Morgan fingerprint density at radius 3 is 2.28 bits per heavy atom. The summed E-state index contributed by atoms with van der Waals surface area (Å²) in [4.78, 5) is 0. The van der Waals surface area contributed by atoms with Crippen molar-refractivity contribution in [2.75, 3.05) is 6.54 Å². The summed E-state index contributed by atoms with van der Waals surface area (Å²) >= 11 is 0. The van der Waals surface area contributed by atoms with Crippen molar-refractivity contribution in [3.8, 4) is 0 Å². The molecule has 18 heavy (non-hydrogen) atoms. The second-order valence-electron chi connectivity index (χ2n) is 5.12. The van der Waals surface area contributed by atoms with Crippen molar-refractivity contribution < 1.29 is 0 Å². The summed E-state index contributed by atoms with van der Waals surface area (Å²) in [6, 6.07) is 11.4. The lowest BCUT2D eigenvalue weighted by Crippen LogP contribution is -2.22. The molecule has 0 aliphatic carbocycles. The number of hydrogen-bond acceptors (Lipinski definition) is 1. The average molecular weight is 247 g/mol. The molecule has 0 heterocycles. The number of benzene rings is 1. The summed E-state index contributed by atoms with van der Waals surface area (Å²) in [6.45, 7) is 5.69. The fraction of sp³-hybridized carbons (Fsp3) is 0.647. The van der Waals surface area contributed by atoms with E-state index in [9.17, 15) is 0 Å². The van der Waals surface area contributed by atoms with Crippen LogP contribution in [0, 0.1) is 0 Å². The molecule has 1 atom stereocenters. The molecule has 1 aromatic carbocycles. The minimum Gasteiger partial charge on any atom is -0.310 e. The van der Waals surface area contributed by atoms with E-state index in [-0.39, 0.29) is 0 Å². The molecule has 0 fully saturated rings. The van der Waals surface area contributed by atoms with Gasteiger partial charge in [0, 0.05) is 6.04 Å². The molecule has 1 aromatic rings. The molecule has 1 heteroatoms. The van der Waals surface area contributed by atoms with Crippen molar-refractivity contribution in [3.05, 3.63) is 35.9 Å². The molecule has 0 aliphatic heterocycles. The predicted molar refractivity (Wildman–Crippen MR) is 80.9 cm³/mol. The van der Waals surface area contributed by atoms with Crippen LogP contribution in [0.4, 0.5) is 0 Å². The summed E-state index contributed by atoms with van der Waals surface area (Å²) < 4.78 is 0. The first kappa shape index (κ1) is 15.2. The van der Waals surface area contributed by atoms with Crippen LogP contribution in [-0.2, 0) is 0 Å². The fourth-order valence-corrected chi connectivity index (χ4v) is 2.37. The van der Waals surface area contributed by atoms with Crippen molar-refractivity contribution >= 4 is 0 Å². The maximum absolute atomic E-state index is 3.71. The molecule has 0 bridgehead atoms. The third-order valence-electron chi connectivity index (χ3n) is 3.45. The number of rotatable bonds is 10. The van der Waals surface area contributed by atoms with Crippen LogP contribution in [0.3, 0.4) is 0 Å². The van der Waals surface area contributed by atoms with Gasteiger partial charge in [-0.2, -0.15) is 0 Å². The molecule has 0 amide bonds. The zero-order valence-corrected chi connectivity index (χ0v) is 12.1. The second-order valence-corrected chi connectivity index (χ2v) is 5.12. The Morgan fingerprint density at radius 1 is 0.889 bits per heavy atom. The van der Waals surface area contributed by atoms with Crippen LogP contribution in [0.1, 0.15) is 70.4 Å². The van der Waals surface area contributed by atoms with Crippen LogP contribution in [-0.4, -0.2) is 6.54 Å². The lowest BCUT2D eigenvalue weighted by molar-refractivity contribution is 0.476. The van der Waals surface area contributed by atoms with Gasteiger partial charge in [-0.3, -0.25) is 0 Å². The number of unbranched alkanes of at least 4 members (excludes halogenated alkanes) is 4. The third kappa shape index (κ3) is 6.20. The van der Waals surface area contributed by atoms with Gasteiger partial charge in [-0.1, -0.05) is 76.3 Å². The minimum absolute atomic E-state index is 0.544. The second kappa shape index (κ2) is 10.1. The van der Waals surface area contributed by atoms with Crippen LogP contribution in [0.5, 0.6) is 0 Å². The molecule has 1 unspecified atom stereocenters. The van der Waals surface area contributed by atoms with Gasteiger partial charge in [0.2, 0.25) is 0 Å². The zero-order valence-electron chi connectivity index (χ0n) is 12.1. The molecular weight excluding hydrogens is 218 g/mol. The molecular formula is C17H29N. The fourth-order valence-electron chi connectivity index (χ4n) is 2.37. The average Bonchev–Trinajstić information content (AvgIpc) is 2.42. The molecule has 0 saturated carbocycles. The Hall–Kier alpha value is -0.820. The van der Waals surface area contributed by atoms with Gasteiger partial charge in [0.25, 0.3) is 0 Å². The van der Waals surface area contributed by atoms with Gasteiger partial charge in [-0.15, -0.1) is 0 Å².